The average molecular weight is 255 g/mol. The summed E-state index contributed by atoms with van der Waals surface area (Å²) in [5, 5.41) is 0. The molecule has 0 aromatic heterocycles. The maximum atomic E-state index is 11.6. The van der Waals surface area contributed by atoms with Gasteiger partial charge >= 0.3 is 0 Å². The zero-order chi connectivity index (χ0) is 10.4. The number of ketones is 1. The first-order chi connectivity index (χ1) is 6.70. The largest absolute Gasteiger partial charge is 0.294 e. The lowest BCUT2D eigenvalue weighted by Crippen LogP contribution is -2.00. The summed E-state index contributed by atoms with van der Waals surface area (Å²) in [6, 6.07) is 9.48. The molecule has 0 aliphatic carbocycles. The van der Waals surface area contributed by atoms with Crippen LogP contribution in [0.3, 0.4) is 0 Å². The number of halogens is 1. The van der Waals surface area contributed by atoms with E-state index in [0.29, 0.717) is 11.2 Å². The lowest BCUT2D eigenvalue weighted by molar-refractivity contribution is 0.0979. The number of hydrogen-bond donors (Lipinski definition) is 0. The third-order valence-corrected chi connectivity index (χ3v) is 2.56. The number of rotatable bonds is 5. The van der Waals surface area contributed by atoms with Crippen molar-refractivity contribution in [3.8, 4) is 0 Å². The third kappa shape index (κ3) is 4.05. The van der Waals surface area contributed by atoms with Gasteiger partial charge in [-0.1, -0.05) is 53.2 Å². The number of hydrogen-bond acceptors (Lipinski definition) is 1. The first-order valence-electron chi connectivity index (χ1n) is 4.92. The lowest BCUT2D eigenvalue weighted by atomic mass is 10.1. The maximum absolute atomic E-state index is 11.6. The van der Waals surface area contributed by atoms with Crippen LogP contribution in [-0.4, -0.2) is 10.6 Å². The van der Waals surface area contributed by atoms with Gasteiger partial charge in [0.2, 0.25) is 0 Å². The van der Waals surface area contributed by atoms with Crippen molar-refractivity contribution < 1.29 is 4.79 Å². The molecule has 0 unspecified atom stereocenters. The van der Waals surface area contributed by atoms with Crippen LogP contribution in [0, 0.1) is 0 Å². The van der Waals surface area contributed by atoms with E-state index in [1.807, 2.05) is 30.3 Å². The monoisotopic (exact) mass is 254 g/mol. The van der Waals surface area contributed by atoms with E-state index in [1.165, 1.54) is 0 Å². The minimum Gasteiger partial charge on any atom is -0.294 e. The molecule has 14 heavy (non-hydrogen) atoms. The summed E-state index contributed by atoms with van der Waals surface area (Å²) in [7, 11) is 0. The van der Waals surface area contributed by atoms with Gasteiger partial charge in [0.1, 0.15) is 0 Å². The quantitative estimate of drug-likeness (QED) is 0.577. The molecule has 76 valence electrons. The molecule has 0 amide bonds. The van der Waals surface area contributed by atoms with Gasteiger partial charge in [0.15, 0.2) is 5.78 Å². The average Bonchev–Trinajstić information content (AvgIpc) is 2.18. The Bertz CT molecular complexity index is 280. The van der Waals surface area contributed by atoms with Gasteiger partial charge in [-0.15, -0.1) is 0 Å². The van der Waals surface area contributed by atoms with Crippen molar-refractivity contribution in [2.75, 3.05) is 0 Å². The SMILES string of the molecule is C[C@H](Br)CCCC(=O)c1ccccc1. The van der Waals surface area contributed by atoms with Crippen molar-refractivity contribution in [3.63, 3.8) is 0 Å². The number of carbonyl (C=O) groups excluding carboxylic acids is 1. The van der Waals surface area contributed by atoms with Crippen molar-refractivity contribution >= 4 is 21.7 Å². The van der Waals surface area contributed by atoms with E-state index in [-0.39, 0.29) is 5.78 Å². The van der Waals surface area contributed by atoms with Crippen molar-refractivity contribution in [1.29, 1.82) is 0 Å². The Morgan fingerprint density at radius 3 is 2.57 bits per heavy atom. The van der Waals surface area contributed by atoms with E-state index in [0.717, 1.165) is 18.4 Å². The van der Waals surface area contributed by atoms with Crippen molar-refractivity contribution in [3.05, 3.63) is 35.9 Å². The molecular weight excluding hydrogens is 240 g/mol. The summed E-state index contributed by atoms with van der Waals surface area (Å²) in [5.41, 5.74) is 0.828. The fourth-order valence-electron chi connectivity index (χ4n) is 1.31. The van der Waals surface area contributed by atoms with Crippen molar-refractivity contribution in [2.24, 2.45) is 0 Å². The van der Waals surface area contributed by atoms with Crippen LogP contribution in [0.2, 0.25) is 0 Å². The smallest absolute Gasteiger partial charge is 0.162 e. The molecule has 0 aliphatic heterocycles. The van der Waals surface area contributed by atoms with Crippen molar-refractivity contribution in [1.82, 2.24) is 0 Å². The van der Waals surface area contributed by atoms with Crippen LogP contribution in [-0.2, 0) is 0 Å². The molecule has 0 spiro atoms. The molecule has 0 heterocycles. The number of benzene rings is 1. The molecule has 0 fully saturated rings. The topological polar surface area (TPSA) is 17.1 Å². The second-order valence-corrected chi connectivity index (χ2v) is 5.03. The van der Waals surface area contributed by atoms with Gasteiger partial charge in [-0.3, -0.25) is 4.79 Å². The molecule has 2 heteroatoms. The number of alkyl halides is 1. The molecule has 1 rings (SSSR count). The minimum absolute atomic E-state index is 0.249. The fraction of sp³-hybridized carbons (Fsp3) is 0.417. The molecule has 0 radical (unpaired) electrons. The number of Topliss-reactive ketones (excluding diaryl/α,β-unsaturated/α-hetero) is 1. The summed E-state index contributed by atoms with van der Waals surface area (Å²) in [6.07, 6.45) is 2.67. The predicted molar refractivity (Wildman–Crippen MR) is 63.0 cm³/mol. The first-order valence-corrected chi connectivity index (χ1v) is 5.84. The lowest BCUT2D eigenvalue weighted by Gasteiger charge is -2.02. The molecule has 0 saturated heterocycles. The normalized spacial score (nSPS) is 12.4. The second kappa shape index (κ2) is 5.97. The van der Waals surface area contributed by atoms with E-state index in [9.17, 15) is 4.79 Å². The Balaban J connectivity index is 2.36. The second-order valence-electron chi connectivity index (χ2n) is 3.46. The van der Waals surface area contributed by atoms with Gasteiger partial charge < -0.3 is 0 Å². The highest BCUT2D eigenvalue weighted by Gasteiger charge is 2.05. The summed E-state index contributed by atoms with van der Waals surface area (Å²) in [6.45, 7) is 2.10. The van der Waals surface area contributed by atoms with Crippen LogP contribution in [0.1, 0.15) is 36.5 Å². The van der Waals surface area contributed by atoms with Crippen LogP contribution < -0.4 is 0 Å². The van der Waals surface area contributed by atoms with E-state index in [1.54, 1.807) is 0 Å². The summed E-state index contributed by atoms with van der Waals surface area (Å²) in [4.78, 5) is 12.1. The Labute approximate surface area is 93.7 Å². The fourth-order valence-corrected chi connectivity index (χ4v) is 1.64. The van der Waals surface area contributed by atoms with Crippen LogP contribution >= 0.6 is 15.9 Å². The van der Waals surface area contributed by atoms with E-state index < -0.39 is 0 Å². The Kier molecular flexibility index (Phi) is 4.88. The maximum Gasteiger partial charge on any atom is 0.162 e. The van der Waals surface area contributed by atoms with E-state index >= 15 is 0 Å². The van der Waals surface area contributed by atoms with Gasteiger partial charge in [0.05, 0.1) is 0 Å². The van der Waals surface area contributed by atoms with Gasteiger partial charge in [0, 0.05) is 16.8 Å². The molecule has 1 nitrogen and oxygen atoms in total. The van der Waals surface area contributed by atoms with Gasteiger partial charge in [0.25, 0.3) is 0 Å². The zero-order valence-corrected chi connectivity index (χ0v) is 9.96. The van der Waals surface area contributed by atoms with Crippen molar-refractivity contribution in [2.45, 2.75) is 31.0 Å². The highest BCUT2D eigenvalue weighted by molar-refractivity contribution is 9.09. The third-order valence-electron chi connectivity index (χ3n) is 2.10. The highest BCUT2D eigenvalue weighted by atomic mass is 79.9. The Morgan fingerprint density at radius 2 is 2.00 bits per heavy atom. The predicted octanol–water partition coefficient (Wildman–Crippen LogP) is 3.82. The van der Waals surface area contributed by atoms with Gasteiger partial charge in [-0.2, -0.15) is 0 Å². The summed E-state index contributed by atoms with van der Waals surface area (Å²) >= 11 is 3.47. The Hall–Kier alpha value is -0.630. The zero-order valence-electron chi connectivity index (χ0n) is 8.37. The Morgan fingerprint density at radius 1 is 1.36 bits per heavy atom. The molecular formula is C12H15BrO. The van der Waals surface area contributed by atoms with Gasteiger partial charge in [-0.05, 0) is 12.8 Å². The summed E-state index contributed by atoms with van der Waals surface area (Å²) < 4.78 is 0. The molecule has 1 aromatic rings. The molecule has 1 aromatic carbocycles. The molecule has 0 saturated carbocycles. The first kappa shape index (κ1) is 11.4. The van der Waals surface area contributed by atoms with E-state index in [4.69, 9.17) is 0 Å². The minimum atomic E-state index is 0.249. The number of carbonyl (C=O) groups is 1. The molecule has 0 bridgehead atoms. The molecule has 0 N–H and O–H groups in total. The van der Waals surface area contributed by atoms with Crippen LogP contribution in [0.4, 0.5) is 0 Å². The molecule has 1 atom stereocenters. The van der Waals surface area contributed by atoms with Gasteiger partial charge in [-0.25, -0.2) is 0 Å². The van der Waals surface area contributed by atoms with Crippen LogP contribution in [0.5, 0.6) is 0 Å². The summed E-state index contributed by atoms with van der Waals surface area (Å²) in [5.74, 6) is 0.249. The van der Waals surface area contributed by atoms with Crippen LogP contribution in [0.15, 0.2) is 30.3 Å². The highest BCUT2D eigenvalue weighted by Crippen LogP contribution is 2.11. The standard InChI is InChI=1S/C12H15BrO/c1-10(13)6-5-9-12(14)11-7-3-2-4-8-11/h2-4,7-8,10H,5-6,9H2,1H3/t10-/m0/s1. The molecule has 0 aliphatic rings. The van der Waals surface area contributed by atoms with E-state index in [2.05, 4.69) is 22.9 Å². The van der Waals surface area contributed by atoms with Crippen LogP contribution in [0.25, 0.3) is 0 Å².